The van der Waals surface area contributed by atoms with E-state index in [9.17, 15) is 9.18 Å². The summed E-state index contributed by atoms with van der Waals surface area (Å²) in [6.07, 6.45) is 3.76. The summed E-state index contributed by atoms with van der Waals surface area (Å²) in [4.78, 5) is 30.2. The Hall–Kier alpha value is -4.08. The molecule has 0 unspecified atom stereocenters. The molecule has 0 N–H and O–H groups in total. The number of benzene rings is 1. The van der Waals surface area contributed by atoms with E-state index in [1.807, 2.05) is 49.4 Å². The third kappa shape index (κ3) is 5.69. The van der Waals surface area contributed by atoms with Crippen LogP contribution in [0, 0.1) is 5.82 Å². The lowest BCUT2D eigenvalue weighted by Gasteiger charge is -2.33. The van der Waals surface area contributed by atoms with Gasteiger partial charge < -0.3 is 9.64 Å². The molecule has 1 amide bonds. The molecule has 1 aromatic carbocycles. The lowest BCUT2D eigenvalue weighted by molar-refractivity contribution is 0.0204. The van der Waals surface area contributed by atoms with E-state index in [4.69, 9.17) is 19.8 Å². The highest BCUT2D eigenvalue weighted by molar-refractivity contribution is 5.68. The minimum Gasteiger partial charge on any atom is -0.444 e. The van der Waals surface area contributed by atoms with Crippen LogP contribution in [0.25, 0.3) is 16.9 Å². The Bertz CT molecular complexity index is 1470. The first-order valence-electron chi connectivity index (χ1n) is 13.3. The Kier molecular flexibility index (Phi) is 7.20. The molecule has 1 aliphatic heterocycles. The number of carbonyl (C=O) groups is 1. The molecule has 1 saturated heterocycles. The SMILES string of the molecule is CCc1nc2ccc(C3CCN(C(=O)OC(C)(C)C)CC3)nn2c1N(C)c1nccc(-c2ccc(F)cc2)n1. The summed E-state index contributed by atoms with van der Waals surface area (Å²) in [5.41, 5.74) is 3.59. The van der Waals surface area contributed by atoms with Crippen LogP contribution in [0.3, 0.4) is 0 Å². The van der Waals surface area contributed by atoms with Gasteiger partial charge in [0, 0.05) is 37.8 Å². The lowest BCUT2D eigenvalue weighted by atomic mass is 9.93. The third-order valence-electron chi connectivity index (χ3n) is 6.84. The smallest absolute Gasteiger partial charge is 0.410 e. The van der Waals surface area contributed by atoms with Crippen LogP contribution < -0.4 is 4.90 Å². The van der Waals surface area contributed by atoms with E-state index < -0.39 is 5.60 Å². The zero-order valence-corrected chi connectivity index (χ0v) is 23.1. The summed E-state index contributed by atoms with van der Waals surface area (Å²) < 4.78 is 20.8. The summed E-state index contributed by atoms with van der Waals surface area (Å²) in [7, 11) is 1.90. The zero-order chi connectivity index (χ0) is 27.7. The Morgan fingerprint density at radius 3 is 2.46 bits per heavy atom. The Balaban J connectivity index is 1.41. The summed E-state index contributed by atoms with van der Waals surface area (Å²) in [6.45, 7) is 8.95. The maximum atomic E-state index is 13.4. The Morgan fingerprint density at radius 2 is 1.79 bits per heavy atom. The van der Waals surface area contributed by atoms with Gasteiger partial charge in [0.25, 0.3) is 0 Å². The van der Waals surface area contributed by atoms with Gasteiger partial charge >= 0.3 is 6.09 Å². The number of amides is 1. The van der Waals surface area contributed by atoms with E-state index in [2.05, 4.69) is 11.9 Å². The molecule has 0 aliphatic carbocycles. The number of halogens is 1. The van der Waals surface area contributed by atoms with Gasteiger partial charge in [-0.2, -0.15) is 9.61 Å². The molecular formula is C29H34FN7O2. The molecule has 10 heteroatoms. The molecule has 9 nitrogen and oxygen atoms in total. The van der Waals surface area contributed by atoms with Gasteiger partial charge in [0.1, 0.15) is 11.4 Å². The lowest BCUT2D eigenvalue weighted by Crippen LogP contribution is -2.41. The van der Waals surface area contributed by atoms with Gasteiger partial charge in [0.2, 0.25) is 5.95 Å². The van der Waals surface area contributed by atoms with Gasteiger partial charge in [0.05, 0.1) is 17.1 Å². The van der Waals surface area contributed by atoms with Crippen molar-refractivity contribution in [1.82, 2.24) is 29.5 Å². The number of hydrogen-bond acceptors (Lipinski definition) is 7. The average Bonchev–Trinajstić information content (AvgIpc) is 3.30. The van der Waals surface area contributed by atoms with E-state index in [0.717, 1.165) is 41.3 Å². The first-order valence-corrected chi connectivity index (χ1v) is 13.3. The molecule has 4 aromatic rings. The highest BCUT2D eigenvalue weighted by Crippen LogP contribution is 2.31. The molecule has 39 heavy (non-hydrogen) atoms. The summed E-state index contributed by atoms with van der Waals surface area (Å²) in [6, 6.07) is 12.1. The number of aryl methyl sites for hydroxylation is 1. The second-order valence-electron chi connectivity index (χ2n) is 10.8. The predicted octanol–water partition coefficient (Wildman–Crippen LogP) is 5.77. The van der Waals surface area contributed by atoms with Crippen LogP contribution in [-0.2, 0) is 11.2 Å². The van der Waals surface area contributed by atoms with Crippen molar-refractivity contribution in [2.24, 2.45) is 0 Å². The number of hydrogen-bond donors (Lipinski definition) is 0. The van der Waals surface area contributed by atoms with Crippen LogP contribution >= 0.6 is 0 Å². The van der Waals surface area contributed by atoms with Crippen molar-refractivity contribution in [3.8, 4) is 11.3 Å². The van der Waals surface area contributed by atoms with E-state index in [-0.39, 0.29) is 17.8 Å². The second-order valence-corrected chi connectivity index (χ2v) is 10.8. The van der Waals surface area contributed by atoms with Crippen LogP contribution in [0.5, 0.6) is 0 Å². The number of aromatic nitrogens is 5. The van der Waals surface area contributed by atoms with E-state index >= 15 is 0 Å². The highest BCUT2D eigenvalue weighted by atomic mass is 19.1. The van der Waals surface area contributed by atoms with Gasteiger partial charge in [-0.05, 0) is 82.5 Å². The number of nitrogens with zero attached hydrogens (tertiary/aromatic N) is 7. The number of piperidine rings is 1. The molecule has 5 rings (SSSR count). The van der Waals surface area contributed by atoms with Gasteiger partial charge in [-0.25, -0.2) is 24.1 Å². The molecule has 0 spiro atoms. The van der Waals surface area contributed by atoms with Crippen molar-refractivity contribution in [1.29, 1.82) is 0 Å². The Morgan fingerprint density at radius 1 is 1.08 bits per heavy atom. The minimum absolute atomic E-state index is 0.219. The highest BCUT2D eigenvalue weighted by Gasteiger charge is 2.29. The van der Waals surface area contributed by atoms with Crippen LogP contribution in [-0.4, -0.2) is 61.3 Å². The zero-order valence-electron chi connectivity index (χ0n) is 23.1. The van der Waals surface area contributed by atoms with Crippen LogP contribution in [0.2, 0.25) is 0 Å². The third-order valence-corrected chi connectivity index (χ3v) is 6.84. The van der Waals surface area contributed by atoms with Crippen molar-refractivity contribution >= 4 is 23.5 Å². The number of imidazole rings is 1. The molecule has 0 radical (unpaired) electrons. The number of carbonyl (C=O) groups excluding carboxylic acids is 1. The molecule has 0 bridgehead atoms. The number of likely N-dealkylation sites (tertiary alicyclic amines) is 1. The quantitative estimate of drug-likeness (QED) is 0.323. The summed E-state index contributed by atoms with van der Waals surface area (Å²) in [5.74, 6) is 1.22. The minimum atomic E-state index is -0.510. The van der Waals surface area contributed by atoms with E-state index in [0.29, 0.717) is 31.2 Å². The fourth-order valence-electron chi connectivity index (χ4n) is 4.84. The monoisotopic (exact) mass is 531 g/mol. The molecule has 0 saturated carbocycles. The maximum absolute atomic E-state index is 13.4. The summed E-state index contributed by atoms with van der Waals surface area (Å²) >= 11 is 0. The maximum Gasteiger partial charge on any atom is 0.410 e. The molecular weight excluding hydrogens is 497 g/mol. The molecule has 1 fully saturated rings. The molecule has 3 aromatic heterocycles. The number of ether oxygens (including phenoxy) is 1. The summed E-state index contributed by atoms with van der Waals surface area (Å²) in [5, 5.41) is 5.01. The first-order chi connectivity index (χ1) is 18.6. The van der Waals surface area contributed by atoms with Gasteiger partial charge in [0.15, 0.2) is 11.5 Å². The second kappa shape index (κ2) is 10.6. The van der Waals surface area contributed by atoms with Crippen LogP contribution in [0.1, 0.15) is 57.8 Å². The largest absolute Gasteiger partial charge is 0.444 e. The van der Waals surface area contributed by atoms with Gasteiger partial charge in [-0.3, -0.25) is 4.90 Å². The van der Waals surface area contributed by atoms with Gasteiger partial charge in [-0.15, -0.1) is 0 Å². The Labute approximate surface area is 227 Å². The van der Waals surface area contributed by atoms with Crippen molar-refractivity contribution in [3.05, 3.63) is 65.9 Å². The van der Waals surface area contributed by atoms with Crippen molar-refractivity contribution in [2.45, 2.75) is 58.5 Å². The average molecular weight is 532 g/mol. The van der Waals surface area contributed by atoms with Crippen molar-refractivity contribution in [2.75, 3.05) is 25.0 Å². The number of rotatable bonds is 5. The fourth-order valence-corrected chi connectivity index (χ4v) is 4.84. The topological polar surface area (TPSA) is 88.8 Å². The normalized spacial score (nSPS) is 14.6. The molecule has 0 atom stereocenters. The fraction of sp³-hybridized carbons (Fsp3) is 0.414. The predicted molar refractivity (Wildman–Crippen MR) is 148 cm³/mol. The molecule has 204 valence electrons. The van der Waals surface area contributed by atoms with E-state index in [1.54, 1.807) is 29.3 Å². The standard InChI is InChI=1S/C29H34FN7O2/c1-6-22-26(35(5)27-31-16-13-23(33-27)19-7-9-21(30)10-8-19)37-25(32-22)12-11-24(34-37)20-14-17-36(18-15-20)28(38)39-29(2,3)4/h7-13,16,20H,6,14-15,17-18H2,1-5H3. The van der Waals surface area contributed by atoms with Crippen molar-refractivity contribution < 1.29 is 13.9 Å². The van der Waals surface area contributed by atoms with Gasteiger partial charge in [-0.1, -0.05) is 6.92 Å². The molecule has 1 aliphatic rings. The molecule has 4 heterocycles. The number of fused-ring (bicyclic) bond motifs is 1. The van der Waals surface area contributed by atoms with Crippen LogP contribution in [0.15, 0.2) is 48.7 Å². The van der Waals surface area contributed by atoms with E-state index in [1.165, 1.54) is 12.1 Å². The van der Waals surface area contributed by atoms with Crippen molar-refractivity contribution in [3.63, 3.8) is 0 Å². The first kappa shape index (κ1) is 26.5. The van der Waals surface area contributed by atoms with Crippen LogP contribution in [0.4, 0.5) is 21.0 Å². The number of anilines is 2.